The smallest absolute Gasteiger partial charge is 0.328 e. The van der Waals surface area contributed by atoms with Crippen molar-refractivity contribution in [1.29, 1.82) is 0 Å². The van der Waals surface area contributed by atoms with Crippen LogP contribution in [0.15, 0.2) is 30.3 Å². The molecule has 98 valence electrons. The fraction of sp³-hybridized carbons (Fsp3) is 0.400. The first-order valence-electron chi connectivity index (χ1n) is 6.07. The maximum absolute atomic E-state index is 10.4. The third-order valence-corrected chi connectivity index (χ3v) is 2.85. The lowest BCUT2D eigenvalue weighted by molar-refractivity contribution is -0.131. The van der Waals surface area contributed by atoms with Crippen LogP contribution >= 0.6 is 0 Å². The van der Waals surface area contributed by atoms with E-state index in [-0.39, 0.29) is 5.60 Å². The maximum atomic E-state index is 10.4. The Kier molecular flexibility index (Phi) is 5.10. The van der Waals surface area contributed by atoms with Crippen LogP contribution in [0.2, 0.25) is 0 Å². The second-order valence-electron chi connectivity index (χ2n) is 4.82. The Morgan fingerprint density at radius 2 is 2.17 bits per heavy atom. The van der Waals surface area contributed by atoms with Crippen LogP contribution in [0.5, 0.6) is 0 Å². The van der Waals surface area contributed by atoms with E-state index >= 15 is 0 Å². The van der Waals surface area contributed by atoms with Gasteiger partial charge in [-0.3, -0.25) is 0 Å². The van der Waals surface area contributed by atoms with Crippen LogP contribution in [0.3, 0.4) is 0 Å². The van der Waals surface area contributed by atoms with Gasteiger partial charge in [-0.25, -0.2) is 4.79 Å². The second-order valence-corrected chi connectivity index (χ2v) is 4.82. The quantitative estimate of drug-likeness (QED) is 0.784. The summed E-state index contributed by atoms with van der Waals surface area (Å²) in [6.45, 7) is 6.74. The summed E-state index contributed by atoms with van der Waals surface area (Å²) >= 11 is 0. The molecule has 0 aromatic heterocycles. The van der Waals surface area contributed by atoms with E-state index in [4.69, 9.17) is 9.84 Å². The number of hydrogen-bond acceptors (Lipinski definition) is 2. The van der Waals surface area contributed by atoms with Gasteiger partial charge in [-0.05, 0) is 43.5 Å². The minimum Gasteiger partial charge on any atom is -0.478 e. The molecule has 0 aliphatic carbocycles. The Balaban J connectivity index is 2.68. The van der Waals surface area contributed by atoms with Crippen molar-refractivity contribution in [3.63, 3.8) is 0 Å². The Morgan fingerprint density at radius 1 is 1.44 bits per heavy atom. The first-order valence-corrected chi connectivity index (χ1v) is 6.07. The van der Waals surface area contributed by atoms with Crippen LogP contribution in [-0.2, 0) is 16.1 Å². The number of carboxylic acid groups (broad SMARTS) is 1. The highest BCUT2D eigenvalue weighted by Crippen LogP contribution is 2.17. The zero-order valence-corrected chi connectivity index (χ0v) is 11.1. The van der Waals surface area contributed by atoms with Crippen molar-refractivity contribution in [3.05, 3.63) is 41.5 Å². The number of hydrogen-bond donors (Lipinski definition) is 1. The number of benzene rings is 1. The molecule has 0 radical (unpaired) electrons. The van der Waals surface area contributed by atoms with Gasteiger partial charge in [0.1, 0.15) is 0 Å². The van der Waals surface area contributed by atoms with Gasteiger partial charge in [0.15, 0.2) is 0 Å². The van der Waals surface area contributed by atoms with E-state index < -0.39 is 5.97 Å². The van der Waals surface area contributed by atoms with Crippen LogP contribution in [0.4, 0.5) is 0 Å². The van der Waals surface area contributed by atoms with Crippen LogP contribution < -0.4 is 0 Å². The summed E-state index contributed by atoms with van der Waals surface area (Å²) in [4.78, 5) is 10.4. The Bertz CT molecular complexity index is 433. The van der Waals surface area contributed by atoms with Crippen molar-refractivity contribution in [2.45, 2.75) is 39.4 Å². The lowest BCUT2D eigenvalue weighted by Crippen LogP contribution is -2.22. The molecule has 0 fully saturated rings. The fourth-order valence-electron chi connectivity index (χ4n) is 1.33. The van der Waals surface area contributed by atoms with Gasteiger partial charge >= 0.3 is 5.97 Å². The summed E-state index contributed by atoms with van der Waals surface area (Å²) in [5.74, 6) is -0.941. The zero-order chi connectivity index (χ0) is 13.6. The number of ether oxygens (including phenoxy) is 1. The highest BCUT2D eigenvalue weighted by molar-refractivity contribution is 5.85. The maximum Gasteiger partial charge on any atom is 0.328 e. The first-order chi connectivity index (χ1) is 8.43. The van der Waals surface area contributed by atoms with Gasteiger partial charge in [0.25, 0.3) is 0 Å². The Hall–Kier alpha value is -1.61. The summed E-state index contributed by atoms with van der Waals surface area (Å²) in [6.07, 6.45) is 3.67. The van der Waals surface area contributed by atoms with Crippen LogP contribution in [0.25, 0.3) is 6.08 Å². The standard InChI is InChI=1S/C15H20O3/c1-4-15(2,3)18-11-13-7-5-6-12(10-13)8-9-14(16)17/h5-10H,4,11H2,1-3H3,(H,16,17). The van der Waals surface area contributed by atoms with Crippen molar-refractivity contribution in [1.82, 2.24) is 0 Å². The Labute approximate surface area is 108 Å². The molecule has 0 aliphatic heterocycles. The monoisotopic (exact) mass is 248 g/mol. The summed E-state index contributed by atoms with van der Waals surface area (Å²) in [7, 11) is 0. The second kappa shape index (κ2) is 6.36. The summed E-state index contributed by atoms with van der Waals surface area (Å²) in [5, 5.41) is 8.57. The van der Waals surface area contributed by atoms with E-state index in [0.717, 1.165) is 23.6 Å². The predicted octanol–water partition coefficient (Wildman–Crippen LogP) is 3.49. The SMILES string of the molecule is CCC(C)(C)OCc1cccc(C=CC(=O)O)c1. The molecule has 0 spiro atoms. The summed E-state index contributed by atoms with van der Waals surface area (Å²) in [5.41, 5.74) is 1.78. The number of rotatable bonds is 6. The Morgan fingerprint density at radius 3 is 2.78 bits per heavy atom. The van der Waals surface area contributed by atoms with Gasteiger partial charge in [-0.15, -0.1) is 0 Å². The van der Waals surface area contributed by atoms with Crippen molar-refractivity contribution >= 4 is 12.0 Å². The molecule has 0 saturated carbocycles. The number of aliphatic carboxylic acids is 1. The molecule has 1 aromatic rings. The highest BCUT2D eigenvalue weighted by atomic mass is 16.5. The van der Waals surface area contributed by atoms with Crippen LogP contribution in [0, 0.1) is 0 Å². The molecule has 0 aliphatic rings. The van der Waals surface area contributed by atoms with Gasteiger partial charge in [-0.1, -0.05) is 25.1 Å². The first kappa shape index (κ1) is 14.5. The molecule has 0 unspecified atom stereocenters. The van der Waals surface area contributed by atoms with Gasteiger partial charge in [-0.2, -0.15) is 0 Å². The lowest BCUT2D eigenvalue weighted by Gasteiger charge is -2.23. The third-order valence-electron chi connectivity index (χ3n) is 2.85. The average molecular weight is 248 g/mol. The molecule has 18 heavy (non-hydrogen) atoms. The lowest BCUT2D eigenvalue weighted by atomic mass is 10.1. The molecular weight excluding hydrogens is 228 g/mol. The average Bonchev–Trinajstić information content (AvgIpc) is 2.35. The predicted molar refractivity (Wildman–Crippen MR) is 72.3 cm³/mol. The third kappa shape index (κ3) is 5.15. The van der Waals surface area contributed by atoms with E-state index in [1.165, 1.54) is 0 Å². The molecule has 0 bridgehead atoms. The van der Waals surface area contributed by atoms with Gasteiger partial charge in [0.2, 0.25) is 0 Å². The largest absolute Gasteiger partial charge is 0.478 e. The topological polar surface area (TPSA) is 46.5 Å². The summed E-state index contributed by atoms with van der Waals surface area (Å²) < 4.78 is 5.80. The normalized spacial score (nSPS) is 11.9. The van der Waals surface area contributed by atoms with Crippen molar-refractivity contribution in [2.75, 3.05) is 0 Å². The minimum atomic E-state index is -0.941. The molecule has 3 heteroatoms. The molecule has 0 heterocycles. The molecule has 3 nitrogen and oxygen atoms in total. The van der Waals surface area contributed by atoms with E-state index in [9.17, 15) is 4.79 Å². The van der Waals surface area contributed by atoms with Gasteiger partial charge in [0.05, 0.1) is 12.2 Å². The number of carboxylic acids is 1. The van der Waals surface area contributed by atoms with E-state index in [1.54, 1.807) is 6.08 Å². The molecule has 0 saturated heterocycles. The van der Waals surface area contributed by atoms with Crippen LogP contribution in [-0.4, -0.2) is 16.7 Å². The van der Waals surface area contributed by atoms with E-state index in [2.05, 4.69) is 20.8 Å². The fourth-order valence-corrected chi connectivity index (χ4v) is 1.33. The molecule has 1 rings (SSSR count). The molecule has 1 aromatic carbocycles. The molecule has 1 N–H and O–H groups in total. The van der Waals surface area contributed by atoms with E-state index in [0.29, 0.717) is 6.61 Å². The van der Waals surface area contributed by atoms with Crippen LogP contribution in [0.1, 0.15) is 38.3 Å². The van der Waals surface area contributed by atoms with Crippen molar-refractivity contribution < 1.29 is 14.6 Å². The number of carbonyl (C=O) groups is 1. The van der Waals surface area contributed by atoms with Crippen molar-refractivity contribution in [3.8, 4) is 0 Å². The zero-order valence-electron chi connectivity index (χ0n) is 11.1. The van der Waals surface area contributed by atoms with E-state index in [1.807, 2.05) is 24.3 Å². The van der Waals surface area contributed by atoms with Crippen molar-refractivity contribution in [2.24, 2.45) is 0 Å². The molecule has 0 amide bonds. The molecular formula is C15H20O3. The minimum absolute atomic E-state index is 0.132. The molecule has 0 atom stereocenters. The summed E-state index contributed by atoms with van der Waals surface area (Å²) in [6, 6.07) is 7.68. The van der Waals surface area contributed by atoms with Gasteiger partial charge in [0, 0.05) is 6.08 Å². The highest BCUT2D eigenvalue weighted by Gasteiger charge is 2.14. The van der Waals surface area contributed by atoms with Gasteiger partial charge < -0.3 is 9.84 Å².